The smallest absolute Gasteiger partial charge is 0.159 e. The number of fused-ring (bicyclic) bond motifs is 1. The van der Waals surface area contributed by atoms with Crippen molar-refractivity contribution < 1.29 is 13.5 Å². The lowest BCUT2D eigenvalue weighted by atomic mass is 9.90. The van der Waals surface area contributed by atoms with Gasteiger partial charge in [0.1, 0.15) is 5.75 Å². The van der Waals surface area contributed by atoms with Crippen LogP contribution < -0.4 is 10.1 Å². The van der Waals surface area contributed by atoms with Gasteiger partial charge < -0.3 is 10.1 Å². The molecule has 2 nitrogen and oxygen atoms in total. The van der Waals surface area contributed by atoms with Crippen molar-refractivity contribution >= 4 is 0 Å². The molecule has 1 aliphatic rings. The van der Waals surface area contributed by atoms with Gasteiger partial charge in [-0.2, -0.15) is 0 Å². The van der Waals surface area contributed by atoms with E-state index in [1.807, 2.05) is 12.1 Å². The molecule has 0 saturated carbocycles. The van der Waals surface area contributed by atoms with Gasteiger partial charge in [0.15, 0.2) is 11.6 Å². The number of nitrogens with one attached hydrogen (secondary N) is 1. The van der Waals surface area contributed by atoms with Gasteiger partial charge in [-0.05, 0) is 48.7 Å². The van der Waals surface area contributed by atoms with Gasteiger partial charge in [0, 0.05) is 11.6 Å². The Morgan fingerprint density at radius 2 is 2.05 bits per heavy atom. The highest BCUT2D eigenvalue weighted by Gasteiger charge is 2.22. The number of ether oxygens (including phenoxy) is 1. The fourth-order valence-corrected chi connectivity index (χ4v) is 2.93. The Kier molecular flexibility index (Phi) is 3.88. The largest absolute Gasteiger partial charge is 0.496 e. The summed E-state index contributed by atoms with van der Waals surface area (Å²) in [6.07, 6.45) is 1.53. The molecule has 2 aromatic rings. The highest BCUT2D eigenvalue weighted by atomic mass is 19.2. The van der Waals surface area contributed by atoms with Crippen LogP contribution in [0.1, 0.15) is 22.7 Å². The van der Waals surface area contributed by atoms with Crippen molar-refractivity contribution in [3.05, 3.63) is 64.7 Å². The molecule has 0 radical (unpaired) electrons. The lowest BCUT2D eigenvalue weighted by molar-refractivity contribution is 0.400. The van der Waals surface area contributed by atoms with Crippen LogP contribution in [0, 0.1) is 11.6 Å². The number of methoxy groups -OCH3 is 1. The molecule has 2 aromatic carbocycles. The fourth-order valence-electron chi connectivity index (χ4n) is 2.93. The average molecular weight is 289 g/mol. The van der Waals surface area contributed by atoms with E-state index in [0.29, 0.717) is 6.42 Å². The van der Waals surface area contributed by atoms with Crippen LogP contribution >= 0.6 is 0 Å². The van der Waals surface area contributed by atoms with Crippen molar-refractivity contribution in [2.75, 3.05) is 13.7 Å². The second-order valence-corrected chi connectivity index (χ2v) is 5.24. The number of hydrogen-bond acceptors (Lipinski definition) is 2. The summed E-state index contributed by atoms with van der Waals surface area (Å²) in [5.41, 5.74) is 3.15. The molecule has 0 saturated heterocycles. The van der Waals surface area contributed by atoms with E-state index in [-0.39, 0.29) is 6.04 Å². The molecule has 1 atom stereocenters. The maximum Gasteiger partial charge on any atom is 0.159 e. The molecular weight excluding hydrogens is 272 g/mol. The van der Waals surface area contributed by atoms with Crippen molar-refractivity contribution in [3.63, 3.8) is 0 Å². The van der Waals surface area contributed by atoms with E-state index in [4.69, 9.17) is 4.74 Å². The monoisotopic (exact) mass is 289 g/mol. The number of benzene rings is 2. The first-order valence-corrected chi connectivity index (χ1v) is 7.02. The molecule has 0 fully saturated rings. The Balaban J connectivity index is 1.90. The molecule has 110 valence electrons. The van der Waals surface area contributed by atoms with Crippen LogP contribution in [0.15, 0.2) is 36.4 Å². The minimum Gasteiger partial charge on any atom is -0.496 e. The zero-order valence-electron chi connectivity index (χ0n) is 11.8. The molecule has 1 N–H and O–H groups in total. The normalized spacial score (nSPS) is 17.4. The first-order chi connectivity index (χ1) is 10.2. The van der Waals surface area contributed by atoms with E-state index >= 15 is 0 Å². The van der Waals surface area contributed by atoms with Crippen LogP contribution in [0.2, 0.25) is 0 Å². The van der Waals surface area contributed by atoms with Crippen LogP contribution in [0.4, 0.5) is 8.78 Å². The van der Waals surface area contributed by atoms with Gasteiger partial charge >= 0.3 is 0 Å². The number of rotatable bonds is 3. The van der Waals surface area contributed by atoms with Crippen LogP contribution in [0.25, 0.3) is 0 Å². The van der Waals surface area contributed by atoms with Crippen molar-refractivity contribution in [3.8, 4) is 5.75 Å². The summed E-state index contributed by atoms with van der Waals surface area (Å²) in [6, 6.07) is 10.2. The van der Waals surface area contributed by atoms with Gasteiger partial charge in [0.2, 0.25) is 0 Å². The van der Waals surface area contributed by atoms with Crippen LogP contribution in [0.5, 0.6) is 5.75 Å². The summed E-state index contributed by atoms with van der Waals surface area (Å²) < 4.78 is 31.7. The highest BCUT2D eigenvalue weighted by Crippen LogP contribution is 2.32. The Hall–Kier alpha value is -1.94. The van der Waals surface area contributed by atoms with Crippen LogP contribution in [-0.4, -0.2) is 13.7 Å². The molecular formula is C17H17F2NO. The summed E-state index contributed by atoms with van der Waals surface area (Å²) in [5, 5.41) is 3.44. The quantitative estimate of drug-likeness (QED) is 0.935. The lowest BCUT2D eigenvalue weighted by Crippen LogP contribution is -2.31. The van der Waals surface area contributed by atoms with E-state index in [0.717, 1.165) is 24.3 Å². The van der Waals surface area contributed by atoms with Gasteiger partial charge in [-0.15, -0.1) is 0 Å². The Bertz CT molecular complexity index is 657. The molecule has 3 rings (SSSR count). The summed E-state index contributed by atoms with van der Waals surface area (Å²) >= 11 is 0. The first-order valence-electron chi connectivity index (χ1n) is 7.02. The zero-order chi connectivity index (χ0) is 14.8. The average Bonchev–Trinajstić information content (AvgIpc) is 2.51. The summed E-state index contributed by atoms with van der Waals surface area (Å²) in [7, 11) is 1.67. The standard InChI is InChI=1S/C17H17F2NO/c1-21-17-4-2-3-12-13(17)7-8-20-16(12)10-11-5-6-14(18)15(19)9-11/h2-6,9,16,20H,7-8,10H2,1H3. The molecule has 0 amide bonds. The van der Waals surface area contributed by atoms with Gasteiger partial charge in [0.05, 0.1) is 7.11 Å². The molecule has 1 aliphatic heterocycles. The molecule has 0 spiro atoms. The van der Waals surface area contributed by atoms with Crippen molar-refractivity contribution in [1.29, 1.82) is 0 Å². The van der Waals surface area contributed by atoms with E-state index in [1.54, 1.807) is 13.2 Å². The minimum absolute atomic E-state index is 0.0914. The maximum absolute atomic E-state index is 13.3. The predicted molar refractivity (Wildman–Crippen MR) is 77.5 cm³/mol. The van der Waals surface area contributed by atoms with E-state index in [1.165, 1.54) is 23.3 Å². The van der Waals surface area contributed by atoms with Gasteiger partial charge in [-0.1, -0.05) is 18.2 Å². The van der Waals surface area contributed by atoms with Gasteiger partial charge in [0.25, 0.3) is 0 Å². The second kappa shape index (κ2) is 5.82. The molecule has 0 aromatic heterocycles. The van der Waals surface area contributed by atoms with E-state index in [9.17, 15) is 8.78 Å². The lowest BCUT2D eigenvalue weighted by Gasteiger charge is -2.28. The first kappa shape index (κ1) is 14.0. The Morgan fingerprint density at radius 3 is 2.81 bits per heavy atom. The third-order valence-electron chi connectivity index (χ3n) is 3.95. The highest BCUT2D eigenvalue weighted by molar-refractivity contribution is 5.44. The summed E-state index contributed by atoms with van der Waals surface area (Å²) in [5.74, 6) is -0.712. The molecule has 1 heterocycles. The SMILES string of the molecule is COc1cccc2c1CCNC2Cc1ccc(F)c(F)c1. The molecule has 21 heavy (non-hydrogen) atoms. The van der Waals surface area contributed by atoms with E-state index < -0.39 is 11.6 Å². The predicted octanol–water partition coefficient (Wildman–Crippen LogP) is 3.40. The summed E-state index contributed by atoms with van der Waals surface area (Å²) in [6.45, 7) is 0.849. The third kappa shape index (κ3) is 2.76. The summed E-state index contributed by atoms with van der Waals surface area (Å²) in [4.78, 5) is 0. The minimum atomic E-state index is -0.808. The molecule has 0 aliphatic carbocycles. The molecule has 0 bridgehead atoms. The molecule has 4 heteroatoms. The van der Waals surface area contributed by atoms with E-state index in [2.05, 4.69) is 11.4 Å². The number of hydrogen-bond donors (Lipinski definition) is 1. The Morgan fingerprint density at radius 1 is 1.19 bits per heavy atom. The van der Waals surface area contributed by atoms with Gasteiger partial charge in [-0.25, -0.2) is 8.78 Å². The van der Waals surface area contributed by atoms with Crippen LogP contribution in [0.3, 0.4) is 0 Å². The van der Waals surface area contributed by atoms with Crippen molar-refractivity contribution in [2.45, 2.75) is 18.9 Å². The Labute approximate surface area is 122 Å². The molecule has 1 unspecified atom stereocenters. The fraction of sp³-hybridized carbons (Fsp3) is 0.294. The number of halogens is 2. The van der Waals surface area contributed by atoms with Crippen molar-refractivity contribution in [2.24, 2.45) is 0 Å². The van der Waals surface area contributed by atoms with Gasteiger partial charge in [-0.3, -0.25) is 0 Å². The zero-order valence-corrected chi connectivity index (χ0v) is 11.8. The third-order valence-corrected chi connectivity index (χ3v) is 3.95. The second-order valence-electron chi connectivity index (χ2n) is 5.24. The van der Waals surface area contributed by atoms with Crippen molar-refractivity contribution in [1.82, 2.24) is 5.32 Å². The van der Waals surface area contributed by atoms with Crippen LogP contribution in [-0.2, 0) is 12.8 Å². The topological polar surface area (TPSA) is 21.3 Å². The maximum atomic E-state index is 13.3.